The fourth-order valence-corrected chi connectivity index (χ4v) is 5.22. The van der Waals surface area contributed by atoms with Gasteiger partial charge in [-0.1, -0.05) is 48.2 Å². The van der Waals surface area contributed by atoms with Crippen molar-refractivity contribution < 1.29 is 18.8 Å². The van der Waals surface area contributed by atoms with Crippen LogP contribution in [0.1, 0.15) is 28.9 Å². The zero-order chi connectivity index (χ0) is 28.1. The van der Waals surface area contributed by atoms with Gasteiger partial charge in [0.15, 0.2) is 0 Å². The molecule has 2 heterocycles. The van der Waals surface area contributed by atoms with Crippen molar-refractivity contribution in [3.8, 4) is 0 Å². The number of thioether (sulfide) groups is 1. The quantitative estimate of drug-likeness (QED) is 0.220. The molecule has 5 rings (SSSR count). The highest BCUT2D eigenvalue weighted by atomic mass is 32.2. The molecule has 4 aromatic rings. The van der Waals surface area contributed by atoms with Gasteiger partial charge in [0.1, 0.15) is 16.4 Å². The van der Waals surface area contributed by atoms with Gasteiger partial charge >= 0.3 is 0 Å². The molecule has 3 aromatic carbocycles. The summed E-state index contributed by atoms with van der Waals surface area (Å²) in [6, 6.07) is 26.4. The van der Waals surface area contributed by atoms with Crippen molar-refractivity contribution in [1.82, 2.24) is 4.90 Å². The second-order valence-electron chi connectivity index (χ2n) is 9.56. The lowest BCUT2D eigenvalue weighted by molar-refractivity contribution is -0.138. The van der Waals surface area contributed by atoms with E-state index in [0.29, 0.717) is 29.2 Å². The zero-order valence-electron chi connectivity index (χ0n) is 22.3. The summed E-state index contributed by atoms with van der Waals surface area (Å²) in [7, 11) is 0. The predicted octanol–water partition coefficient (Wildman–Crippen LogP) is 6.45. The number of amides is 3. The Morgan fingerprint density at radius 2 is 1.60 bits per heavy atom. The fraction of sp³-hybridized carbons (Fsp3) is 0.156. The standard InChI is InChI=1S/C32H29N3O4S/c1-21-10-12-25(19-22(21)2)34-29-30(32(38)35(31(29)37)20-26-9-6-18-39-26)40-27-15-13-24(14-16-27)33-28(36)17-11-23-7-4-3-5-8-23/h3-10,12-16,18-19,34H,11,17,20H2,1-2H3,(H,33,36). The molecule has 0 fully saturated rings. The van der Waals surface area contributed by atoms with Gasteiger partial charge in [-0.05, 0) is 85.5 Å². The number of furan rings is 1. The lowest BCUT2D eigenvalue weighted by atomic mass is 10.1. The third-order valence-electron chi connectivity index (χ3n) is 6.64. The minimum Gasteiger partial charge on any atom is -0.467 e. The van der Waals surface area contributed by atoms with Crippen LogP contribution in [0.4, 0.5) is 11.4 Å². The molecule has 0 spiro atoms. The van der Waals surface area contributed by atoms with E-state index in [1.54, 1.807) is 24.3 Å². The highest BCUT2D eigenvalue weighted by Crippen LogP contribution is 2.37. The van der Waals surface area contributed by atoms with Crippen LogP contribution in [0.25, 0.3) is 0 Å². The first-order valence-corrected chi connectivity index (χ1v) is 13.8. The first-order valence-electron chi connectivity index (χ1n) is 13.0. The highest BCUT2D eigenvalue weighted by molar-refractivity contribution is 8.04. The summed E-state index contributed by atoms with van der Waals surface area (Å²) in [5.74, 6) is -0.358. The number of carbonyl (C=O) groups is 3. The molecular formula is C32H29N3O4S. The fourth-order valence-electron chi connectivity index (χ4n) is 4.27. The normalized spacial score (nSPS) is 13.2. The van der Waals surface area contributed by atoms with Crippen LogP contribution >= 0.6 is 11.8 Å². The van der Waals surface area contributed by atoms with Gasteiger partial charge in [-0.2, -0.15) is 0 Å². The zero-order valence-corrected chi connectivity index (χ0v) is 23.1. The van der Waals surface area contributed by atoms with E-state index in [0.717, 1.165) is 27.3 Å². The van der Waals surface area contributed by atoms with Crippen molar-refractivity contribution in [2.45, 2.75) is 38.1 Å². The summed E-state index contributed by atoms with van der Waals surface area (Å²) in [6.07, 6.45) is 2.55. The Bertz CT molecular complexity index is 1560. The van der Waals surface area contributed by atoms with Crippen LogP contribution in [0.2, 0.25) is 0 Å². The van der Waals surface area contributed by atoms with E-state index in [1.807, 2.05) is 74.5 Å². The van der Waals surface area contributed by atoms with E-state index in [2.05, 4.69) is 10.6 Å². The molecule has 202 valence electrons. The van der Waals surface area contributed by atoms with Crippen molar-refractivity contribution in [2.75, 3.05) is 10.6 Å². The van der Waals surface area contributed by atoms with E-state index in [9.17, 15) is 14.4 Å². The maximum Gasteiger partial charge on any atom is 0.278 e. The Kier molecular flexibility index (Phi) is 8.17. The molecule has 0 saturated carbocycles. The Hall–Kier alpha value is -4.56. The molecule has 2 N–H and O–H groups in total. The van der Waals surface area contributed by atoms with E-state index >= 15 is 0 Å². The SMILES string of the molecule is Cc1ccc(NC2=C(Sc3ccc(NC(=O)CCc4ccccc4)cc3)C(=O)N(Cc3ccco3)C2=O)cc1C. The number of imide groups is 1. The van der Waals surface area contributed by atoms with E-state index < -0.39 is 11.8 Å². The Balaban J connectivity index is 1.31. The summed E-state index contributed by atoms with van der Waals surface area (Å²) in [5, 5.41) is 6.11. The molecule has 3 amide bonds. The first kappa shape index (κ1) is 27.0. The number of hydrogen-bond donors (Lipinski definition) is 2. The van der Waals surface area contributed by atoms with Crippen LogP contribution in [0.5, 0.6) is 0 Å². The van der Waals surface area contributed by atoms with Gasteiger partial charge in [-0.15, -0.1) is 0 Å². The maximum absolute atomic E-state index is 13.5. The second-order valence-corrected chi connectivity index (χ2v) is 10.6. The molecule has 0 saturated heterocycles. The molecule has 40 heavy (non-hydrogen) atoms. The van der Waals surface area contributed by atoms with Crippen molar-refractivity contribution in [3.05, 3.63) is 124 Å². The van der Waals surface area contributed by atoms with Crippen LogP contribution in [-0.2, 0) is 27.3 Å². The van der Waals surface area contributed by atoms with Crippen LogP contribution in [0.15, 0.2) is 111 Å². The number of hydrogen-bond acceptors (Lipinski definition) is 6. The number of nitrogens with one attached hydrogen (secondary N) is 2. The predicted molar refractivity (Wildman–Crippen MR) is 157 cm³/mol. The van der Waals surface area contributed by atoms with Crippen LogP contribution in [0, 0.1) is 13.8 Å². The number of rotatable bonds is 10. The van der Waals surface area contributed by atoms with Crippen molar-refractivity contribution in [3.63, 3.8) is 0 Å². The second kappa shape index (κ2) is 12.1. The number of anilines is 2. The van der Waals surface area contributed by atoms with Crippen LogP contribution in [-0.4, -0.2) is 22.6 Å². The molecule has 0 atom stereocenters. The Labute approximate surface area is 237 Å². The molecule has 0 radical (unpaired) electrons. The molecule has 8 heteroatoms. The smallest absolute Gasteiger partial charge is 0.278 e. The molecular weight excluding hydrogens is 522 g/mol. The largest absolute Gasteiger partial charge is 0.467 e. The number of nitrogens with zero attached hydrogens (tertiary/aromatic N) is 1. The third-order valence-corrected chi connectivity index (χ3v) is 7.73. The average molecular weight is 552 g/mol. The molecule has 1 aliphatic heterocycles. The number of carbonyl (C=O) groups excluding carboxylic acids is 3. The summed E-state index contributed by atoms with van der Waals surface area (Å²) in [5.41, 5.74) is 4.94. The summed E-state index contributed by atoms with van der Waals surface area (Å²) in [4.78, 5) is 41.6. The van der Waals surface area contributed by atoms with Gasteiger partial charge in [0, 0.05) is 22.7 Å². The molecule has 0 aliphatic carbocycles. The van der Waals surface area contributed by atoms with E-state index in [-0.39, 0.29) is 18.1 Å². The molecule has 7 nitrogen and oxygen atoms in total. The molecule has 1 aliphatic rings. The molecule has 0 bridgehead atoms. The topological polar surface area (TPSA) is 91.7 Å². The van der Waals surface area contributed by atoms with Crippen LogP contribution in [0.3, 0.4) is 0 Å². The third kappa shape index (κ3) is 6.35. The Morgan fingerprint density at radius 1 is 0.850 bits per heavy atom. The van der Waals surface area contributed by atoms with Gasteiger partial charge in [0.25, 0.3) is 11.8 Å². The van der Waals surface area contributed by atoms with Crippen LogP contribution < -0.4 is 10.6 Å². The van der Waals surface area contributed by atoms with E-state index in [1.165, 1.54) is 22.9 Å². The molecule has 1 aromatic heterocycles. The first-order chi connectivity index (χ1) is 19.4. The minimum absolute atomic E-state index is 0.0424. The van der Waals surface area contributed by atoms with Crippen molar-refractivity contribution in [2.24, 2.45) is 0 Å². The minimum atomic E-state index is -0.413. The van der Waals surface area contributed by atoms with Gasteiger partial charge in [0.2, 0.25) is 5.91 Å². The van der Waals surface area contributed by atoms with Gasteiger partial charge < -0.3 is 15.1 Å². The lowest BCUT2D eigenvalue weighted by Crippen LogP contribution is -2.31. The number of aryl methyl sites for hydroxylation is 3. The van der Waals surface area contributed by atoms with Crippen molar-refractivity contribution in [1.29, 1.82) is 0 Å². The summed E-state index contributed by atoms with van der Waals surface area (Å²) < 4.78 is 5.39. The summed E-state index contributed by atoms with van der Waals surface area (Å²) in [6.45, 7) is 4.06. The summed E-state index contributed by atoms with van der Waals surface area (Å²) >= 11 is 1.21. The molecule has 0 unspecified atom stereocenters. The van der Waals surface area contributed by atoms with E-state index in [4.69, 9.17) is 4.42 Å². The Morgan fingerprint density at radius 3 is 2.30 bits per heavy atom. The number of benzene rings is 3. The van der Waals surface area contributed by atoms with Gasteiger partial charge in [0.05, 0.1) is 12.8 Å². The maximum atomic E-state index is 13.5. The van der Waals surface area contributed by atoms with Gasteiger partial charge in [-0.3, -0.25) is 19.3 Å². The highest BCUT2D eigenvalue weighted by Gasteiger charge is 2.39. The van der Waals surface area contributed by atoms with Gasteiger partial charge in [-0.25, -0.2) is 0 Å². The van der Waals surface area contributed by atoms with Crippen molar-refractivity contribution >= 4 is 40.9 Å². The average Bonchev–Trinajstić information content (AvgIpc) is 3.55. The monoisotopic (exact) mass is 551 g/mol. The lowest BCUT2D eigenvalue weighted by Gasteiger charge is -2.14.